The van der Waals surface area contributed by atoms with Crippen molar-refractivity contribution in [3.05, 3.63) is 89.0 Å². The summed E-state index contributed by atoms with van der Waals surface area (Å²) in [5.41, 5.74) is 9.39. The van der Waals surface area contributed by atoms with Crippen LogP contribution in [-0.2, 0) is 4.74 Å². The van der Waals surface area contributed by atoms with E-state index in [1.165, 1.54) is 6.07 Å². The average molecular weight is 469 g/mol. The van der Waals surface area contributed by atoms with Gasteiger partial charge in [0.1, 0.15) is 0 Å². The van der Waals surface area contributed by atoms with Gasteiger partial charge in [0, 0.05) is 52.6 Å². The van der Waals surface area contributed by atoms with Crippen LogP contribution in [0.3, 0.4) is 0 Å². The van der Waals surface area contributed by atoms with Crippen molar-refractivity contribution < 1.29 is 19.4 Å². The van der Waals surface area contributed by atoms with Gasteiger partial charge in [0.05, 0.1) is 24.5 Å². The number of nitrogens with zero attached hydrogens (tertiary/aromatic N) is 2. The number of morpholine rings is 1. The number of aliphatic imine (C=N–C) groups is 1. The number of carbonyl (C=O) groups is 2. The molecule has 3 aromatic carbocycles. The summed E-state index contributed by atoms with van der Waals surface area (Å²) in [5.74, 6) is -0.877. The number of fused-ring (bicyclic) bond motifs is 1. The number of benzene rings is 3. The van der Waals surface area contributed by atoms with E-state index in [1.807, 2.05) is 24.3 Å². The molecule has 0 bridgehead atoms. The normalized spacial score (nSPS) is 14.0. The third-order valence-electron chi connectivity index (χ3n) is 6.06. The highest BCUT2D eigenvalue weighted by Gasteiger charge is 2.15. The molecule has 8 heteroatoms. The third-order valence-corrected chi connectivity index (χ3v) is 6.06. The summed E-state index contributed by atoms with van der Waals surface area (Å²) in [6.45, 7) is 3.19. The maximum Gasteiger partial charge on any atom is 0.248 e. The van der Waals surface area contributed by atoms with Crippen LogP contribution < -0.4 is 10.6 Å². The number of primary amides is 1. The van der Waals surface area contributed by atoms with E-state index in [4.69, 9.17) is 10.5 Å². The van der Waals surface area contributed by atoms with Crippen LogP contribution in [0.4, 0.5) is 11.4 Å². The minimum Gasteiger partial charge on any atom is -0.494 e. The molecule has 8 nitrogen and oxygen atoms in total. The van der Waals surface area contributed by atoms with E-state index in [-0.39, 0.29) is 17.2 Å². The lowest BCUT2D eigenvalue weighted by atomic mass is 10.00. The van der Waals surface area contributed by atoms with E-state index in [0.29, 0.717) is 22.2 Å². The number of nitrogens with one attached hydrogen (secondary N) is 1. The number of hydrogen-bond acceptors (Lipinski definition) is 6. The second-order valence-electron chi connectivity index (χ2n) is 8.30. The van der Waals surface area contributed by atoms with Crippen LogP contribution in [0.25, 0.3) is 10.9 Å². The first-order valence-corrected chi connectivity index (χ1v) is 11.3. The first-order chi connectivity index (χ1) is 17.0. The molecule has 0 radical (unpaired) electrons. The molecule has 0 spiro atoms. The van der Waals surface area contributed by atoms with E-state index in [0.717, 1.165) is 43.1 Å². The molecule has 0 aliphatic carbocycles. The van der Waals surface area contributed by atoms with Crippen molar-refractivity contribution in [3.63, 3.8) is 0 Å². The van der Waals surface area contributed by atoms with E-state index in [9.17, 15) is 14.7 Å². The second kappa shape index (κ2) is 9.44. The van der Waals surface area contributed by atoms with E-state index < -0.39 is 5.91 Å². The summed E-state index contributed by atoms with van der Waals surface area (Å²) in [6.07, 6.45) is 1.61. The molecule has 1 saturated heterocycles. The lowest BCUT2D eigenvalue weighted by Crippen LogP contribution is -2.36. The number of H-pyrrole nitrogens is 1. The number of aromatic nitrogens is 1. The van der Waals surface area contributed by atoms with Gasteiger partial charge in [-0.15, -0.1) is 0 Å². The molecule has 0 atom stereocenters. The van der Waals surface area contributed by atoms with Crippen LogP contribution in [0.5, 0.6) is 5.88 Å². The molecule has 1 amide bonds. The van der Waals surface area contributed by atoms with Gasteiger partial charge in [0.15, 0.2) is 11.7 Å². The maximum atomic E-state index is 12.9. The molecule has 0 unspecified atom stereocenters. The van der Waals surface area contributed by atoms with Crippen LogP contribution in [0.1, 0.15) is 31.8 Å². The average Bonchev–Trinajstić information content (AvgIpc) is 3.21. The van der Waals surface area contributed by atoms with Crippen LogP contribution in [-0.4, -0.2) is 54.3 Å². The predicted molar refractivity (Wildman–Crippen MR) is 135 cm³/mol. The summed E-state index contributed by atoms with van der Waals surface area (Å²) in [5, 5.41) is 11.2. The molecule has 1 fully saturated rings. The van der Waals surface area contributed by atoms with Crippen molar-refractivity contribution in [2.75, 3.05) is 31.2 Å². The van der Waals surface area contributed by atoms with Crippen molar-refractivity contribution in [2.45, 2.75) is 0 Å². The highest BCUT2D eigenvalue weighted by atomic mass is 16.5. The summed E-state index contributed by atoms with van der Waals surface area (Å²) in [4.78, 5) is 34.1. The minimum atomic E-state index is -0.593. The molecule has 0 saturated carbocycles. The number of nitrogens with two attached hydrogens (primary N) is 1. The van der Waals surface area contributed by atoms with Crippen LogP contribution in [0.2, 0.25) is 0 Å². The molecule has 35 heavy (non-hydrogen) atoms. The Morgan fingerprint density at radius 2 is 1.69 bits per heavy atom. The number of aromatic amines is 1. The number of aromatic hydroxyl groups is 1. The summed E-state index contributed by atoms with van der Waals surface area (Å²) >= 11 is 0. The number of rotatable bonds is 6. The van der Waals surface area contributed by atoms with Crippen LogP contribution in [0, 0.1) is 0 Å². The van der Waals surface area contributed by atoms with Crippen LogP contribution in [0.15, 0.2) is 71.7 Å². The number of ether oxygens (including phenoxy) is 1. The molecule has 4 N–H and O–H groups in total. The highest BCUT2D eigenvalue weighted by molar-refractivity contribution is 6.12. The first kappa shape index (κ1) is 22.4. The number of anilines is 1. The largest absolute Gasteiger partial charge is 0.494 e. The number of hydrogen-bond donors (Lipinski definition) is 3. The SMILES string of the molecule is NC(=O)c1cccc(C(=O)c2ccc3c(C=Nc4ccc(N5CCOCC5)cc4)c(O)[nH]c3c2)c1. The zero-order valence-electron chi connectivity index (χ0n) is 18.9. The molecule has 1 aliphatic rings. The zero-order chi connectivity index (χ0) is 24.4. The molecule has 2 heterocycles. The Morgan fingerprint density at radius 1 is 0.971 bits per heavy atom. The molecule has 4 aromatic rings. The van der Waals surface area contributed by atoms with Crippen molar-refractivity contribution in [2.24, 2.45) is 10.7 Å². The Bertz CT molecular complexity index is 1430. The van der Waals surface area contributed by atoms with Gasteiger partial charge in [-0.3, -0.25) is 14.6 Å². The van der Waals surface area contributed by atoms with Gasteiger partial charge in [-0.05, 0) is 42.5 Å². The van der Waals surface area contributed by atoms with E-state index >= 15 is 0 Å². The van der Waals surface area contributed by atoms with Crippen molar-refractivity contribution >= 4 is 40.2 Å². The maximum absolute atomic E-state index is 12.9. The molecule has 1 aliphatic heterocycles. The van der Waals surface area contributed by atoms with E-state index in [2.05, 4.69) is 14.9 Å². The number of amides is 1. The monoisotopic (exact) mass is 468 g/mol. The zero-order valence-corrected chi connectivity index (χ0v) is 18.9. The highest BCUT2D eigenvalue weighted by Crippen LogP contribution is 2.28. The van der Waals surface area contributed by atoms with Crippen molar-refractivity contribution in [1.82, 2.24) is 4.98 Å². The van der Waals surface area contributed by atoms with Gasteiger partial charge in [0.25, 0.3) is 0 Å². The first-order valence-electron chi connectivity index (χ1n) is 11.3. The lowest BCUT2D eigenvalue weighted by Gasteiger charge is -2.28. The van der Waals surface area contributed by atoms with Gasteiger partial charge in [-0.2, -0.15) is 0 Å². The Labute approximate surface area is 201 Å². The summed E-state index contributed by atoms with van der Waals surface area (Å²) in [7, 11) is 0. The number of ketones is 1. The minimum absolute atomic E-state index is 0.0333. The van der Waals surface area contributed by atoms with Crippen molar-refractivity contribution in [3.8, 4) is 5.88 Å². The fourth-order valence-corrected chi connectivity index (χ4v) is 4.17. The van der Waals surface area contributed by atoms with Gasteiger partial charge in [0.2, 0.25) is 5.91 Å². The fourth-order valence-electron chi connectivity index (χ4n) is 4.17. The van der Waals surface area contributed by atoms with Gasteiger partial charge >= 0.3 is 0 Å². The second-order valence-corrected chi connectivity index (χ2v) is 8.30. The molecule has 176 valence electrons. The van der Waals surface area contributed by atoms with Crippen molar-refractivity contribution in [1.29, 1.82) is 0 Å². The van der Waals surface area contributed by atoms with Gasteiger partial charge in [-0.25, -0.2) is 0 Å². The van der Waals surface area contributed by atoms with Crippen LogP contribution >= 0.6 is 0 Å². The Hall–Kier alpha value is -4.43. The third kappa shape index (κ3) is 4.64. The molecule has 5 rings (SSSR count). The number of carbonyl (C=O) groups excluding carboxylic acids is 2. The smallest absolute Gasteiger partial charge is 0.248 e. The Kier molecular flexibility index (Phi) is 6.03. The fraction of sp³-hybridized carbons (Fsp3) is 0.148. The Balaban J connectivity index is 1.37. The molecule has 1 aromatic heterocycles. The standard InChI is InChI=1S/C27H24N4O4/c28-26(33)19-3-1-2-17(14-19)25(32)18-4-9-22-23(27(34)30-24(22)15-18)16-29-20-5-7-21(8-6-20)31-10-12-35-13-11-31/h1-9,14-16,30,34H,10-13H2,(H2,28,33). The topological polar surface area (TPSA) is 121 Å². The Morgan fingerprint density at radius 3 is 2.43 bits per heavy atom. The quantitative estimate of drug-likeness (QED) is 0.294. The van der Waals surface area contributed by atoms with E-state index in [1.54, 1.807) is 42.6 Å². The summed E-state index contributed by atoms with van der Waals surface area (Å²) in [6, 6.07) is 19.3. The molecular formula is C27H24N4O4. The summed E-state index contributed by atoms with van der Waals surface area (Å²) < 4.78 is 5.40. The predicted octanol–water partition coefficient (Wildman–Crippen LogP) is 3.79. The molecular weight excluding hydrogens is 444 g/mol. The lowest BCUT2D eigenvalue weighted by molar-refractivity contribution is 0.1000. The van der Waals surface area contributed by atoms with Gasteiger partial charge in [-0.1, -0.05) is 24.3 Å². The van der Waals surface area contributed by atoms with Gasteiger partial charge < -0.3 is 25.5 Å².